The van der Waals surface area contributed by atoms with Crippen LogP contribution in [0.2, 0.25) is 0 Å². The molecule has 0 aliphatic carbocycles. The summed E-state index contributed by atoms with van der Waals surface area (Å²) in [5, 5.41) is 3.64. The van der Waals surface area contributed by atoms with Crippen LogP contribution in [0.4, 0.5) is 5.69 Å². The van der Waals surface area contributed by atoms with E-state index in [4.69, 9.17) is 0 Å². The van der Waals surface area contributed by atoms with E-state index in [0.717, 1.165) is 25.3 Å². The van der Waals surface area contributed by atoms with Crippen molar-refractivity contribution in [2.75, 3.05) is 31.6 Å². The van der Waals surface area contributed by atoms with E-state index in [2.05, 4.69) is 43.4 Å². The van der Waals surface area contributed by atoms with Gasteiger partial charge in [-0.15, -0.1) is 0 Å². The molecule has 3 rings (SSSR count). The van der Waals surface area contributed by atoms with Gasteiger partial charge in [0.15, 0.2) is 0 Å². The number of anilines is 1. The molecule has 0 unspecified atom stereocenters. The lowest BCUT2D eigenvalue weighted by Gasteiger charge is -2.37. The second-order valence-corrected chi connectivity index (χ2v) is 5.62. The number of aromatic nitrogens is 3. The first-order valence-corrected chi connectivity index (χ1v) is 7.65. The molecule has 0 bridgehead atoms. The Morgan fingerprint density at radius 2 is 2.18 bits per heavy atom. The fourth-order valence-corrected chi connectivity index (χ4v) is 2.91. The van der Waals surface area contributed by atoms with Gasteiger partial charge in [0, 0.05) is 26.2 Å². The molecule has 2 aromatic heterocycles. The number of hydrogen-bond donors (Lipinski definition) is 1. The van der Waals surface area contributed by atoms with Crippen molar-refractivity contribution in [2.45, 2.75) is 25.8 Å². The Morgan fingerprint density at radius 3 is 2.73 bits per heavy atom. The molecule has 7 nitrogen and oxygen atoms in total. The van der Waals surface area contributed by atoms with Gasteiger partial charge in [-0.1, -0.05) is 12.1 Å². The molecule has 1 aliphatic rings. The molecule has 7 heteroatoms. The molecule has 2 aromatic rings. The van der Waals surface area contributed by atoms with E-state index in [0.29, 0.717) is 17.6 Å². The summed E-state index contributed by atoms with van der Waals surface area (Å²) in [5.41, 5.74) is 1.67. The normalized spacial score (nSPS) is 16.8. The zero-order valence-electron chi connectivity index (χ0n) is 13.0. The third-order valence-corrected chi connectivity index (χ3v) is 4.39. The van der Waals surface area contributed by atoms with Crippen LogP contribution in [0.1, 0.15) is 19.8 Å². The van der Waals surface area contributed by atoms with E-state index in [9.17, 15) is 4.79 Å². The highest BCUT2D eigenvalue weighted by molar-refractivity contribution is 5.54. The monoisotopic (exact) mass is 303 g/mol. The standard InChI is InChI=1S/C15H21N5O2/c1-3-20-8-6-11(7-9-20)19(2)12-4-5-13(16-10-12)14-17-15(21)22-18-14/h4-5,10-11H,3,6-9H2,1-2H3,(H,17,18,21). The molecule has 1 fully saturated rings. The quantitative estimate of drug-likeness (QED) is 0.918. The van der Waals surface area contributed by atoms with Crippen LogP contribution in [-0.2, 0) is 0 Å². The van der Waals surface area contributed by atoms with Gasteiger partial charge in [-0.3, -0.25) is 14.5 Å². The summed E-state index contributed by atoms with van der Waals surface area (Å²) in [6, 6.07) is 4.39. The number of aromatic amines is 1. The third-order valence-electron chi connectivity index (χ3n) is 4.39. The molecule has 0 saturated carbocycles. The summed E-state index contributed by atoms with van der Waals surface area (Å²) in [5.74, 6) is -0.212. The first kappa shape index (κ1) is 14.8. The molecule has 1 saturated heterocycles. The summed E-state index contributed by atoms with van der Waals surface area (Å²) in [6.45, 7) is 5.64. The summed E-state index contributed by atoms with van der Waals surface area (Å²) >= 11 is 0. The summed E-state index contributed by atoms with van der Waals surface area (Å²) in [4.78, 5) is 22.6. The second kappa shape index (κ2) is 6.31. The van der Waals surface area contributed by atoms with Crippen LogP contribution >= 0.6 is 0 Å². The van der Waals surface area contributed by atoms with Crippen LogP contribution < -0.4 is 10.7 Å². The fraction of sp³-hybridized carbons (Fsp3) is 0.533. The predicted octanol–water partition coefficient (Wildman–Crippen LogP) is 1.35. The number of hydrogen-bond acceptors (Lipinski definition) is 6. The number of piperidine rings is 1. The molecule has 3 heterocycles. The van der Waals surface area contributed by atoms with Gasteiger partial charge in [-0.25, -0.2) is 4.79 Å². The van der Waals surface area contributed by atoms with Gasteiger partial charge < -0.3 is 9.80 Å². The van der Waals surface area contributed by atoms with Crippen LogP contribution in [-0.4, -0.2) is 52.7 Å². The molecule has 1 aliphatic heterocycles. The molecular weight excluding hydrogens is 282 g/mol. The number of H-pyrrole nitrogens is 1. The van der Waals surface area contributed by atoms with Crippen molar-refractivity contribution in [3.63, 3.8) is 0 Å². The van der Waals surface area contributed by atoms with E-state index >= 15 is 0 Å². The lowest BCUT2D eigenvalue weighted by molar-refractivity contribution is 0.221. The zero-order chi connectivity index (χ0) is 15.5. The van der Waals surface area contributed by atoms with E-state index < -0.39 is 5.76 Å². The summed E-state index contributed by atoms with van der Waals surface area (Å²) in [6.07, 6.45) is 4.15. The van der Waals surface area contributed by atoms with Crippen molar-refractivity contribution in [2.24, 2.45) is 0 Å². The summed E-state index contributed by atoms with van der Waals surface area (Å²) < 4.78 is 4.50. The number of likely N-dealkylation sites (tertiary alicyclic amines) is 1. The van der Waals surface area contributed by atoms with Crippen LogP contribution in [0.15, 0.2) is 27.6 Å². The van der Waals surface area contributed by atoms with Gasteiger partial charge >= 0.3 is 5.76 Å². The minimum Gasteiger partial charge on any atom is -0.370 e. The van der Waals surface area contributed by atoms with Gasteiger partial charge in [-0.05, 0) is 31.5 Å². The lowest BCUT2D eigenvalue weighted by atomic mass is 10.0. The van der Waals surface area contributed by atoms with Gasteiger partial charge in [0.1, 0.15) is 5.69 Å². The minimum atomic E-state index is -0.569. The van der Waals surface area contributed by atoms with Crippen molar-refractivity contribution in [3.05, 3.63) is 28.9 Å². The van der Waals surface area contributed by atoms with Crippen molar-refractivity contribution < 1.29 is 4.52 Å². The van der Waals surface area contributed by atoms with Crippen LogP contribution in [0.25, 0.3) is 11.5 Å². The molecule has 118 valence electrons. The van der Waals surface area contributed by atoms with Gasteiger partial charge in [0.2, 0.25) is 5.82 Å². The van der Waals surface area contributed by atoms with Gasteiger partial charge in [0.25, 0.3) is 0 Å². The predicted molar refractivity (Wildman–Crippen MR) is 83.9 cm³/mol. The zero-order valence-corrected chi connectivity index (χ0v) is 13.0. The number of nitrogens with one attached hydrogen (secondary N) is 1. The lowest BCUT2D eigenvalue weighted by Crippen LogP contribution is -2.43. The molecule has 0 amide bonds. The first-order chi connectivity index (χ1) is 10.7. The Balaban J connectivity index is 1.68. The number of rotatable bonds is 4. The molecule has 0 radical (unpaired) electrons. The molecule has 22 heavy (non-hydrogen) atoms. The van der Waals surface area contributed by atoms with E-state index in [1.165, 1.54) is 12.8 Å². The van der Waals surface area contributed by atoms with Crippen LogP contribution in [0.5, 0.6) is 0 Å². The van der Waals surface area contributed by atoms with Crippen molar-refractivity contribution in [3.8, 4) is 11.5 Å². The maximum Gasteiger partial charge on any atom is 0.439 e. The van der Waals surface area contributed by atoms with Crippen LogP contribution in [0.3, 0.4) is 0 Å². The largest absolute Gasteiger partial charge is 0.439 e. The van der Waals surface area contributed by atoms with Gasteiger partial charge in [0.05, 0.1) is 11.9 Å². The Kier molecular flexibility index (Phi) is 4.24. The smallest absolute Gasteiger partial charge is 0.370 e. The highest BCUT2D eigenvalue weighted by atomic mass is 16.5. The molecule has 0 spiro atoms. The van der Waals surface area contributed by atoms with Crippen molar-refractivity contribution in [1.82, 2.24) is 20.0 Å². The first-order valence-electron chi connectivity index (χ1n) is 7.65. The van der Waals surface area contributed by atoms with Crippen LogP contribution in [0, 0.1) is 0 Å². The Bertz CT molecular complexity index is 655. The van der Waals surface area contributed by atoms with Crippen molar-refractivity contribution in [1.29, 1.82) is 0 Å². The topological polar surface area (TPSA) is 78.3 Å². The second-order valence-electron chi connectivity index (χ2n) is 5.62. The highest BCUT2D eigenvalue weighted by Gasteiger charge is 2.22. The summed E-state index contributed by atoms with van der Waals surface area (Å²) in [7, 11) is 2.11. The number of pyridine rings is 1. The minimum absolute atomic E-state index is 0.357. The van der Waals surface area contributed by atoms with E-state index in [1.54, 1.807) is 0 Å². The Hall–Kier alpha value is -2.15. The maximum atomic E-state index is 11.0. The molecule has 0 atom stereocenters. The SMILES string of the molecule is CCN1CCC(N(C)c2ccc(-c3noc(=O)[nH]3)nc2)CC1. The van der Waals surface area contributed by atoms with Gasteiger partial charge in [-0.2, -0.15) is 0 Å². The average Bonchev–Trinajstić information content (AvgIpc) is 3.01. The molecular formula is C15H21N5O2. The highest BCUT2D eigenvalue weighted by Crippen LogP contribution is 2.22. The average molecular weight is 303 g/mol. The van der Waals surface area contributed by atoms with E-state index in [1.807, 2.05) is 18.3 Å². The Labute approximate surface area is 128 Å². The molecule has 0 aromatic carbocycles. The van der Waals surface area contributed by atoms with E-state index in [-0.39, 0.29) is 0 Å². The van der Waals surface area contributed by atoms with Crippen molar-refractivity contribution >= 4 is 5.69 Å². The number of nitrogens with zero attached hydrogens (tertiary/aromatic N) is 4. The third kappa shape index (κ3) is 3.04. The maximum absolute atomic E-state index is 11.0. The Morgan fingerprint density at radius 1 is 1.41 bits per heavy atom. The molecule has 1 N–H and O–H groups in total. The fourth-order valence-electron chi connectivity index (χ4n) is 2.91.